The Labute approximate surface area is 363 Å². The molecule has 59 heavy (non-hydrogen) atoms. The summed E-state index contributed by atoms with van der Waals surface area (Å²) in [5.41, 5.74) is 18.6. The van der Waals surface area contributed by atoms with Crippen LogP contribution < -0.4 is 9.80 Å². The van der Waals surface area contributed by atoms with E-state index in [1.54, 1.807) is 0 Å². The number of aromatic nitrogens is 1. The summed E-state index contributed by atoms with van der Waals surface area (Å²) in [4.78, 5) is 12.3. The van der Waals surface area contributed by atoms with Gasteiger partial charge in [-0.05, 0) is 78.1 Å². The maximum absolute atomic E-state index is 5.10. The van der Waals surface area contributed by atoms with Crippen molar-refractivity contribution in [1.29, 1.82) is 0 Å². The van der Waals surface area contributed by atoms with Gasteiger partial charge in [0.15, 0.2) is 6.21 Å². The summed E-state index contributed by atoms with van der Waals surface area (Å²) < 4.78 is 4.74. The molecule has 7 heteroatoms. The first-order chi connectivity index (χ1) is 28.3. The molecule has 1 aromatic heterocycles. The number of aryl methyl sites for hydroxylation is 3. The standard InChI is InChI=1S/C52H39N5S.Pt/c1-31-26-32(2)49(33(3)27-31)56-30-55(42-19-11-12-20-43(42)56)34-22-23-36-35-14-6-10-18-41(35)57(44(36)28-34)45-29-38-47(37-15-7-9-17-40(37)54-25-24-53-51(38)54)48-50(45)58-46-21-13-8-16-39(46)52(48,4)5;/h6-27,30,51H,1-5H3;/q-2;. The van der Waals surface area contributed by atoms with Gasteiger partial charge in [-0.2, -0.15) is 22.4 Å². The fraction of sp³-hybridized carbons (Fsp3) is 0.135. The molecule has 0 amide bonds. The fourth-order valence-electron chi connectivity index (χ4n) is 10.2. The zero-order valence-electron chi connectivity index (χ0n) is 33.3. The quantitative estimate of drug-likeness (QED) is 0.130. The molecule has 0 saturated carbocycles. The molecule has 5 heterocycles. The molecule has 0 saturated heterocycles. The first-order valence-corrected chi connectivity index (χ1v) is 20.8. The zero-order chi connectivity index (χ0) is 39.0. The van der Waals surface area contributed by atoms with Crippen LogP contribution in [-0.2, 0) is 26.5 Å². The van der Waals surface area contributed by atoms with Gasteiger partial charge in [0.2, 0.25) is 5.69 Å². The van der Waals surface area contributed by atoms with Gasteiger partial charge in [0, 0.05) is 54.6 Å². The molecule has 0 aliphatic carbocycles. The average molecular weight is 961 g/mol. The second-order valence-electron chi connectivity index (χ2n) is 16.5. The van der Waals surface area contributed by atoms with Gasteiger partial charge in [-0.15, -0.1) is 47.1 Å². The molecule has 5 nitrogen and oxygen atoms in total. The van der Waals surface area contributed by atoms with Crippen LogP contribution in [0.5, 0.6) is 0 Å². The number of aliphatic imine (C=N–C) groups is 1. The van der Waals surface area contributed by atoms with Crippen molar-refractivity contribution < 1.29 is 25.6 Å². The van der Waals surface area contributed by atoms with Crippen LogP contribution >= 0.6 is 11.8 Å². The van der Waals surface area contributed by atoms with Gasteiger partial charge in [0.05, 0.1) is 6.21 Å². The van der Waals surface area contributed by atoms with E-state index in [1.807, 2.05) is 18.0 Å². The SMILES string of the molecule is Cc1cc(C)c(N2[CH-]N(c3[c-]c4c(cc3)c3ccccc3n4-c3[c-]c4c(c5c3Sc3ccccc3C5(C)C)-c3ccccc3[N+]3=CC=NC43)c3ccccc32)c(C)c1.[Pt]. The molecule has 7 aromatic carbocycles. The van der Waals surface area contributed by atoms with Crippen molar-refractivity contribution in [2.75, 3.05) is 9.80 Å². The van der Waals surface area contributed by atoms with E-state index in [4.69, 9.17) is 4.99 Å². The molecule has 0 fully saturated rings. The van der Waals surface area contributed by atoms with E-state index in [0.717, 1.165) is 44.7 Å². The summed E-state index contributed by atoms with van der Waals surface area (Å²) >= 11 is 1.87. The Morgan fingerprint density at radius 1 is 0.763 bits per heavy atom. The summed E-state index contributed by atoms with van der Waals surface area (Å²) in [6.07, 6.45) is 3.87. The molecule has 0 N–H and O–H groups in total. The number of hydrogen-bond donors (Lipinski definition) is 0. The summed E-state index contributed by atoms with van der Waals surface area (Å²) in [5.74, 6) is 0. The van der Waals surface area contributed by atoms with Crippen LogP contribution in [0.4, 0.5) is 28.4 Å². The van der Waals surface area contributed by atoms with Gasteiger partial charge in [-0.3, -0.25) is 0 Å². The van der Waals surface area contributed by atoms with Crippen molar-refractivity contribution in [3.05, 3.63) is 174 Å². The van der Waals surface area contributed by atoms with Gasteiger partial charge in [0.1, 0.15) is 0 Å². The number of benzene rings is 7. The average Bonchev–Trinajstić information content (AvgIpc) is 3.95. The van der Waals surface area contributed by atoms with Crippen molar-refractivity contribution in [2.24, 2.45) is 4.99 Å². The molecule has 4 aliphatic heterocycles. The topological polar surface area (TPSA) is 26.8 Å². The number of anilines is 4. The minimum atomic E-state index is -0.302. The molecule has 0 bridgehead atoms. The second-order valence-corrected chi connectivity index (χ2v) is 17.5. The Balaban J connectivity index is 0.00000397. The molecule has 4 aliphatic rings. The summed E-state index contributed by atoms with van der Waals surface area (Å²) in [6, 6.07) is 52.4. The van der Waals surface area contributed by atoms with Crippen LogP contribution in [0.15, 0.2) is 136 Å². The van der Waals surface area contributed by atoms with E-state index in [9.17, 15) is 0 Å². The van der Waals surface area contributed by atoms with E-state index in [0.29, 0.717) is 0 Å². The molecule has 12 rings (SSSR count). The molecule has 1 atom stereocenters. The molecular weight excluding hydrogens is 922 g/mol. The van der Waals surface area contributed by atoms with Gasteiger partial charge in [0.25, 0.3) is 6.17 Å². The van der Waals surface area contributed by atoms with Crippen LogP contribution in [0, 0.1) is 39.6 Å². The Morgan fingerprint density at radius 2 is 1.47 bits per heavy atom. The fourth-order valence-corrected chi connectivity index (χ4v) is 11.7. The zero-order valence-corrected chi connectivity index (χ0v) is 36.4. The molecule has 8 aromatic rings. The molecule has 0 radical (unpaired) electrons. The molecule has 0 spiro atoms. The van der Waals surface area contributed by atoms with Gasteiger partial charge in [-0.1, -0.05) is 120 Å². The first kappa shape index (κ1) is 36.4. The minimum absolute atomic E-state index is 0. The first-order valence-electron chi connectivity index (χ1n) is 20.0. The summed E-state index contributed by atoms with van der Waals surface area (Å²) in [6.45, 7) is 13.6. The monoisotopic (exact) mass is 960 g/mol. The van der Waals surface area contributed by atoms with Crippen molar-refractivity contribution in [3.63, 3.8) is 0 Å². The molecule has 290 valence electrons. The third-order valence-corrected chi connectivity index (χ3v) is 13.8. The molecular formula is C52H39N5PtS-2. The van der Waals surface area contributed by atoms with Gasteiger partial charge >= 0.3 is 0 Å². The smallest absolute Gasteiger partial charge is 0.255 e. The number of para-hydroxylation sites is 4. The van der Waals surface area contributed by atoms with Crippen LogP contribution in [-0.4, -0.2) is 21.6 Å². The summed E-state index contributed by atoms with van der Waals surface area (Å²) in [7, 11) is 0. The Hall–Kier alpha value is -5.68. The maximum Gasteiger partial charge on any atom is 0.255 e. The van der Waals surface area contributed by atoms with E-state index < -0.39 is 0 Å². The Bertz CT molecular complexity index is 3150. The van der Waals surface area contributed by atoms with Crippen LogP contribution in [0.3, 0.4) is 0 Å². The number of fused-ring (bicyclic) bond motifs is 13. The number of hydrogen-bond acceptors (Lipinski definition) is 4. The maximum atomic E-state index is 5.10. The van der Waals surface area contributed by atoms with Crippen molar-refractivity contribution >= 4 is 74.4 Å². The number of rotatable bonds is 3. The minimum Gasteiger partial charge on any atom is -0.493 e. The predicted molar refractivity (Wildman–Crippen MR) is 239 cm³/mol. The normalized spacial score (nSPS) is 16.6. The van der Waals surface area contributed by atoms with Crippen molar-refractivity contribution in [2.45, 2.75) is 56.0 Å². The van der Waals surface area contributed by atoms with E-state index in [2.05, 4.69) is 200 Å². The van der Waals surface area contributed by atoms with Crippen LogP contribution in [0.25, 0.3) is 38.6 Å². The largest absolute Gasteiger partial charge is 0.493 e. The number of nitrogens with zero attached hydrogens (tertiary/aromatic N) is 5. The van der Waals surface area contributed by atoms with Crippen molar-refractivity contribution in [1.82, 2.24) is 4.57 Å². The second kappa shape index (κ2) is 13.2. The third kappa shape index (κ3) is 5.09. The Kier molecular flexibility index (Phi) is 8.12. The third-order valence-electron chi connectivity index (χ3n) is 12.6. The van der Waals surface area contributed by atoms with Crippen LogP contribution in [0.2, 0.25) is 0 Å². The van der Waals surface area contributed by atoms with Crippen molar-refractivity contribution in [3.8, 4) is 16.8 Å². The Morgan fingerprint density at radius 3 is 2.31 bits per heavy atom. The van der Waals surface area contributed by atoms with Gasteiger partial charge < -0.3 is 14.4 Å². The van der Waals surface area contributed by atoms with E-state index >= 15 is 0 Å². The molecule has 1 unspecified atom stereocenters. The van der Waals surface area contributed by atoms with Gasteiger partial charge in [-0.25, -0.2) is 4.99 Å². The van der Waals surface area contributed by atoms with E-state index in [1.165, 1.54) is 65.5 Å². The summed E-state index contributed by atoms with van der Waals surface area (Å²) in [5, 5.41) is 2.35. The predicted octanol–water partition coefficient (Wildman–Crippen LogP) is 13.0. The van der Waals surface area contributed by atoms with E-state index in [-0.39, 0.29) is 32.6 Å². The van der Waals surface area contributed by atoms with Crippen LogP contribution in [0.1, 0.15) is 53.4 Å².